The minimum absolute atomic E-state index is 0.101. The highest BCUT2D eigenvalue weighted by atomic mass is 16.6. The Kier molecular flexibility index (Phi) is 6.22. The zero-order chi connectivity index (χ0) is 21.0. The molecule has 0 saturated carbocycles. The molecule has 3 rings (SSSR count). The van der Waals surface area contributed by atoms with Crippen LogP contribution in [-0.2, 0) is 16.0 Å². The number of aryl methyl sites for hydroxylation is 1. The van der Waals surface area contributed by atoms with Crippen LogP contribution in [0.4, 0.5) is 0 Å². The van der Waals surface area contributed by atoms with Gasteiger partial charge in [-0.25, -0.2) is 4.79 Å². The van der Waals surface area contributed by atoms with Crippen LogP contribution in [0, 0.1) is 0 Å². The fourth-order valence-electron chi connectivity index (χ4n) is 2.74. The Hall–Kier alpha value is -3.28. The van der Waals surface area contributed by atoms with Crippen molar-refractivity contribution in [1.82, 2.24) is 0 Å². The van der Waals surface area contributed by atoms with Gasteiger partial charge in [-0.05, 0) is 57.0 Å². The molecule has 0 N–H and O–H groups in total. The largest absolute Gasteiger partial charge is 0.479 e. The number of rotatable bonds is 7. The summed E-state index contributed by atoms with van der Waals surface area (Å²) >= 11 is 0. The normalized spacial score (nSPS) is 12.0. The zero-order valence-electron chi connectivity index (χ0n) is 16.9. The minimum Gasteiger partial charge on any atom is -0.479 e. The van der Waals surface area contributed by atoms with Crippen molar-refractivity contribution in [3.63, 3.8) is 0 Å². The van der Waals surface area contributed by atoms with Gasteiger partial charge in [-0.2, -0.15) is 0 Å². The molecule has 3 aromatic rings. The smallest absolute Gasteiger partial charge is 0.347 e. The van der Waals surface area contributed by atoms with Gasteiger partial charge in [-0.15, -0.1) is 0 Å². The Bertz CT molecular complexity index is 1050. The summed E-state index contributed by atoms with van der Waals surface area (Å²) in [5.74, 6) is 0.604. The highest BCUT2D eigenvalue weighted by Gasteiger charge is 2.18. The number of hydrogen-bond donors (Lipinski definition) is 0. The molecule has 0 radical (unpaired) electrons. The van der Waals surface area contributed by atoms with Crippen LogP contribution in [0.25, 0.3) is 11.0 Å². The first-order chi connectivity index (χ1) is 13.9. The first-order valence-electron chi connectivity index (χ1n) is 9.57. The van der Waals surface area contributed by atoms with Gasteiger partial charge in [-0.3, -0.25) is 4.79 Å². The summed E-state index contributed by atoms with van der Waals surface area (Å²) in [6.45, 7) is 7.21. The summed E-state index contributed by atoms with van der Waals surface area (Å²) in [4.78, 5) is 24.6. The van der Waals surface area contributed by atoms with Crippen molar-refractivity contribution in [2.75, 3.05) is 0 Å². The van der Waals surface area contributed by atoms with E-state index in [9.17, 15) is 9.59 Å². The quantitative estimate of drug-likeness (QED) is 0.531. The molecular formula is C23H24O6. The Morgan fingerprint density at radius 2 is 1.72 bits per heavy atom. The lowest BCUT2D eigenvalue weighted by atomic mass is 10.2. The van der Waals surface area contributed by atoms with Gasteiger partial charge in [0.05, 0.1) is 11.5 Å². The molecule has 0 bridgehead atoms. The highest BCUT2D eigenvalue weighted by molar-refractivity contribution is 5.79. The molecule has 0 aliphatic carbocycles. The summed E-state index contributed by atoms with van der Waals surface area (Å²) in [5.41, 5.74) is 1.23. The first-order valence-corrected chi connectivity index (χ1v) is 9.57. The predicted molar refractivity (Wildman–Crippen MR) is 110 cm³/mol. The molecule has 0 saturated heterocycles. The maximum absolute atomic E-state index is 12.7. The highest BCUT2D eigenvalue weighted by Crippen LogP contribution is 2.25. The van der Waals surface area contributed by atoms with Crippen molar-refractivity contribution in [2.45, 2.75) is 46.3 Å². The van der Waals surface area contributed by atoms with E-state index in [1.54, 1.807) is 39.0 Å². The molecule has 152 valence electrons. The summed E-state index contributed by atoms with van der Waals surface area (Å²) in [6.07, 6.45) is 1.20. The maximum Gasteiger partial charge on any atom is 0.347 e. The number of carbonyl (C=O) groups is 1. The second-order valence-corrected chi connectivity index (χ2v) is 6.93. The monoisotopic (exact) mass is 396 g/mol. The van der Waals surface area contributed by atoms with Crippen molar-refractivity contribution in [2.24, 2.45) is 0 Å². The molecule has 29 heavy (non-hydrogen) atoms. The molecule has 6 heteroatoms. The van der Waals surface area contributed by atoms with Gasteiger partial charge in [-0.1, -0.05) is 19.1 Å². The summed E-state index contributed by atoms with van der Waals surface area (Å²) < 4.78 is 22.0. The van der Waals surface area contributed by atoms with Gasteiger partial charge in [0, 0.05) is 6.07 Å². The van der Waals surface area contributed by atoms with E-state index in [0.717, 1.165) is 6.42 Å². The SMILES string of the molecule is CCc1ccc(Oc2coc3cc(O[C@@H](C)C(=O)OC(C)C)ccc3c2=O)cc1. The van der Waals surface area contributed by atoms with E-state index >= 15 is 0 Å². The number of carbonyl (C=O) groups excluding carboxylic acids is 1. The molecule has 0 unspecified atom stereocenters. The van der Waals surface area contributed by atoms with Gasteiger partial charge in [0.1, 0.15) is 23.3 Å². The molecule has 0 fully saturated rings. The van der Waals surface area contributed by atoms with Crippen molar-refractivity contribution in [3.8, 4) is 17.2 Å². The van der Waals surface area contributed by atoms with Gasteiger partial charge >= 0.3 is 5.97 Å². The Balaban J connectivity index is 1.79. The fourth-order valence-corrected chi connectivity index (χ4v) is 2.74. The second-order valence-electron chi connectivity index (χ2n) is 6.93. The second kappa shape index (κ2) is 8.82. The summed E-state index contributed by atoms with van der Waals surface area (Å²) in [5, 5.41) is 0.359. The van der Waals surface area contributed by atoms with Crippen molar-refractivity contribution < 1.29 is 23.4 Å². The van der Waals surface area contributed by atoms with E-state index in [4.69, 9.17) is 18.6 Å². The van der Waals surface area contributed by atoms with Crippen LogP contribution < -0.4 is 14.9 Å². The average molecular weight is 396 g/mol. The van der Waals surface area contributed by atoms with Gasteiger partial charge in [0.2, 0.25) is 11.2 Å². The molecular weight excluding hydrogens is 372 g/mol. The Labute approximate surface area is 169 Å². The summed E-state index contributed by atoms with van der Waals surface area (Å²) in [7, 11) is 0. The number of fused-ring (bicyclic) bond motifs is 1. The zero-order valence-corrected chi connectivity index (χ0v) is 16.9. The minimum atomic E-state index is -0.782. The molecule has 0 aliphatic rings. The molecule has 6 nitrogen and oxygen atoms in total. The van der Waals surface area contributed by atoms with E-state index in [1.165, 1.54) is 11.8 Å². The standard InChI is InChI=1S/C23H24O6/c1-5-16-6-8-17(9-7-16)29-21-13-26-20-12-18(10-11-19(20)22(21)24)28-15(4)23(25)27-14(2)3/h6-15H,5H2,1-4H3/t15-/m0/s1. The van der Waals surface area contributed by atoms with Crippen molar-refractivity contribution in [3.05, 3.63) is 64.5 Å². The van der Waals surface area contributed by atoms with Crippen LogP contribution in [0.5, 0.6) is 17.2 Å². The molecule has 1 aromatic heterocycles. The van der Waals surface area contributed by atoms with Gasteiger partial charge in [0.15, 0.2) is 6.10 Å². The van der Waals surface area contributed by atoms with Crippen LogP contribution in [-0.4, -0.2) is 18.2 Å². The molecule has 0 aliphatic heterocycles. The molecule has 1 atom stereocenters. The number of hydrogen-bond acceptors (Lipinski definition) is 6. The van der Waals surface area contributed by atoms with E-state index in [2.05, 4.69) is 6.92 Å². The van der Waals surface area contributed by atoms with E-state index in [1.807, 2.05) is 24.3 Å². The number of benzene rings is 2. The Morgan fingerprint density at radius 3 is 2.38 bits per heavy atom. The van der Waals surface area contributed by atoms with Gasteiger partial charge in [0.25, 0.3) is 0 Å². The molecule has 1 heterocycles. The van der Waals surface area contributed by atoms with E-state index in [-0.39, 0.29) is 17.3 Å². The van der Waals surface area contributed by atoms with Crippen LogP contribution in [0.3, 0.4) is 0 Å². The fraction of sp³-hybridized carbons (Fsp3) is 0.304. The lowest BCUT2D eigenvalue weighted by molar-refractivity contribution is -0.154. The predicted octanol–water partition coefficient (Wildman–Crippen LogP) is 4.87. The maximum atomic E-state index is 12.7. The Morgan fingerprint density at radius 1 is 1.03 bits per heavy atom. The lowest BCUT2D eigenvalue weighted by Crippen LogP contribution is -2.28. The number of esters is 1. The summed E-state index contributed by atoms with van der Waals surface area (Å²) in [6, 6.07) is 12.3. The van der Waals surface area contributed by atoms with E-state index in [0.29, 0.717) is 22.5 Å². The molecule has 2 aromatic carbocycles. The van der Waals surface area contributed by atoms with Gasteiger partial charge < -0.3 is 18.6 Å². The van der Waals surface area contributed by atoms with Crippen molar-refractivity contribution >= 4 is 16.9 Å². The topological polar surface area (TPSA) is 75.0 Å². The third kappa shape index (κ3) is 4.96. The van der Waals surface area contributed by atoms with Crippen LogP contribution in [0.1, 0.15) is 33.3 Å². The van der Waals surface area contributed by atoms with Crippen molar-refractivity contribution in [1.29, 1.82) is 0 Å². The van der Waals surface area contributed by atoms with E-state index < -0.39 is 12.1 Å². The first kappa shape index (κ1) is 20.5. The van der Waals surface area contributed by atoms with Crippen LogP contribution >= 0.6 is 0 Å². The molecule has 0 amide bonds. The van der Waals surface area contributed by atoms with Crippen LogP contribution in [0.2, 0.25) is 0 Å². The van der Waals surface area contributed by atoms with Crippen LogP contribution in [0.15, 0.2) is 57.9 Å². The third-order valence-electron chi connectivity index (χ3n) is 4.27. The third-order valence-corrected chi connectivity index (χ3v) is 4.27. The molecule has 0 spiro atoms. The lowest BCUT2D eigenvalue weighted by Gasteiger charge is -2.15. The number of ether oxygens (including phenoxy) is 3. The average Bonchev–Trinajstić information content (AvgIpc) is 2.70.